The smallest absolute Gasteiger partial charge is 0.0651 e. The number of rotatable bonds is 9. The molecule has 92 valence electrons. The molecule has 0 saturated heterocycles. The highest BCUT2D eigenvalue weighted by Crippen LogP contribution is 2.22. The van der Waals surface area contributed by atoms with Gasteiger partial charge in [0.1, 0.15) is 0 Å². The van der Waals surface area contributed by atoms with Gasteiger partial charge in [-0.3, -0.25) is 0 Å². The standard InChI is InChI=1S/C13H28O2/c1-6-10-13(4,8-3)15-11-9-12(7-2)14-5/h12H,6-11H2,1-5H3. The molecule has 0 N–H and O–H groups in total. The lowest BCUT2D eigenvalue weighted by Crippen LogP contribution is -2.29. The van der Waals surface area contributed by atoms with Crippen LogP contribution < -0.4 is 0 Å². The predicted octanol–water partition coefficient (Wildman–Crippen LogP) is 3.79. The van der Waals surface area contributed by atoms with Crippen LogP contribution in [0.15, 0.2) is 0 Å². The van der Waals surface area contributed by atoms with E-state index in [0.717, 1.165) is 32.3 Å². The molecule has 0 aromatic rings. The SMILES string of the molecule is CCCC(C)(CC)OCCC(CC)OC. The Kier molecular flexibility index (Phi) is 8.07. The Labute approximate surface area is 95.3 Å². The maximum atomic E-state index is 5.97. The van der Waals surface area contributed by atoms with E-state index in [1.54, 1.807) is 7.11 Å². The second-order valence-corrected chi connectivity index (χ2v) is 4.46. The highest BCUT2D eigenvalue weighted by atomic mass is 16.5. The zero-order valence-electron chi connectivity index (χ0n) is 11.1. The maximum absolute atomic E-state index is 5.97. The van der Waals surface area contributed by atoms with Gasteiger partial charge in [0.05, 0.1) is 11.7 Å². The molecule has 0 fully saturated rings. The van der Waals surface area contributed by atoms with Gasteiger partial charge in [0.2, 0.25) is 0 Å². The van der Waals surface area contributed by atoms with Gasteiger partial charge in [-0.2, -0.15) is 0 Å². The summed E-state index contributed by atoms with van der Waals surface area (Å²) in [5.74, 6) is 0. The Bertz CT molecular complexity index is 143. The van der Waals surface area contributed by atoms with Gasteiger partial charge in [0.25, 0.3) is 0 Å². The third-order valence-corrected chi connectivity index (χ3v) is 3.21. The molecule has 15 heavy (non-hydrogen) atoms. The van der Waals surface area contributed by atoms with E-state index in [-0.39, 0.29) is 5.60 Å². The molecule has 0 saturated carbocycles. The normalized spacial score (nSPS) is 17.4. The molecular weight excluding hydrogens is 188 g/mol. The van der Waals surface area contributed by atoms with Crippen molar-refractivity contribution in [3.8, 4) is 0 Å². The predicted molar refractivity (Wildman–Crippen MR) is 65.3 cm³/mol. The molecule has 0 aliphatic carbocycles. The molecule has 0 aromatic heterocycles. The molecule has 0 rings (SSSR count). The molecule has 2 atom stereocenters. The van der Waals surface area contributed by atoms with Gasteiger partial charge in [0, 0.05) is 13.7 Å². The molecule has 0 heterocycles. The van der Waals surface area contributed by atoms with Crippen molar-refractivity contribution >= 4 is 0 Å². The largest absolute Gasteiger partial charge is 0.381 e. The van der Waals surface area contributed by atoms with Crippen LogP contribution >= 0.6 is 0 Å². The lowest BCUT2D eigenvalue weighted by atomic mass is 9.97. The summed E-state index contributed by atoms with van der Waals surface area (Å²) in [6.07, 6.45) is 5.85. The van der Waals surface area contributed by atoms with E-state index in [1.807, 2.05) is 0 Å². The fourth-order valence-corrected chi connectivity index (χ4v) is 1.81. The van der Waals surface area contributed by atoms with Crippen LogP contribution in [0, 0.1) is 0 Å². The minimum Gasteiger partial charge on any atom is -0.381 e. The van der Waals surface area contributed by atoms with Gasteiger partial charge in [-0.15, -0.1) is 0 Å². The summed E-state index contributed by atoms with van der Waals surface area (Å²) >= 11 is 0. The molecule has 2 unspecified atom stereocenters. The molecule has 0 amide bonds. The Morgan fingerprint density at radius 1 is 1.20 bits per heavy atom. The second kappa shape index (κ2) is 8.12. The average molecular weight is 216 g/mol. The van der Waals surface area contributed by atoms with Crippen LogP contribution in [-0.4, -0.2) is 25.4 Å². The van der Waals surface area contributed by atoms with E-state index >= 15 is 0 Å². The van der Waals surface area contributed by atoms with Crippen LogP contribution in [0.3, 0.4) is 0 Å². The summed E-state index contributed by atoms with van der Waals surface area (Å²) in [6, 6.07) is 0. The van der Waals surface area contributed by atoms with Crippen LogP contribution in [0.4, 0.5) is 0 Å². The summed E-state index contributed by atoms with van der Waals surface area (Å²) in [6.45, 7) is 9.59. The van der Waals surface area contributed by atoms with Gasteiger partial charge >= 0.3 is 0 Å². The third-order valence-electron chi connectivity index (χ3n) is 3.21. The summed E-state index contributed by atoms with van der Waals surface area (Å²) in [4.78, 5) is 0. The zero-order chi connectivity index (χ0) is 11.7. The Balaban J connectivity index is 3.80. The van der Waals surface area contributed by atoms with Crippen molar-refractivity contribution in [1.29, 1.82) is 0 Å². The molecule has 0 spiro atoms. The summed E-state index contributed by atoms with van der Waals surface area (Å²) in [5, 5.41) is 0. The van der Waals surface area contributed by atoms with E-state index < -0.39 is 0 Å². The first-order valence-corrected chi connectivity index (χ1v) is 6.28. The molecule has 2 nitrogen and oxygen atoms in total. The zero-order valence-corrected chi connectivity index (χ0v) is 11.1. The first kappa shape index (κ1) is 14.9. The van der Waals surface area contributed by atoms with Crippen molar-refractivity contribution in [3.63, 3.8) is 0 Å². The van der Waals surface area contributed by atoms with E-state index in [0.29, 0.717) is 6.10 Å². The Hall–Kier alpha value is -0.0800. The Morgan fingerprint density at radius 2 is 1.87 bits per heavy atom. The van der Waals surface area contributed by atoms with Gasteiger partial charge < -0.3 is 9.47 Å². The summed E-state index contributed by atoms with van der Waals surface area (Å²) in [7, 11) is 1.78. The monoisotopic (exact) mass is 216 g/mol. The first-order chi connectivity index (χ1) is 7.11. The highest BCUT2D eigenvalue weighted by molar-refractivity contribution is 4.72. The van der Waals surface area contributed by atoms with Gasteiger partial charge in [-0.25, -0.2) is 0 Å². The van der Waals surface area contributed by atoms with Crippen molar-refractivity contribution in [2.75, 3.05) is 13.7 Å². The lowest BCUT2D eigenvalue weighted by Gasteiger charge is -2.29. The maximum Gasteiger partial charge on any atom is 0.0651 e. The average Bonchev–Trinajstić information content (AvgIpc) is 2.25. The topological polar surface area (TPSA) is 18.5 Å². The fraction of sp³-hybridized carbons (Fsp3) is 1.00. The second-order valence-electron chi connectivity index (χ2n) is 4.46. The molecule has 2 heteroatoms. The van der Waals surface area contributed by atoms with Gasteiger partial charge in [-0.1, -0.05) is 27.2 Å². The van der Waals surface area contributed by atoms with Crippen LogP contribution in [0.2, 0.25) is 0 Å². The lowest BCUT2D eigenvalue weighted by molar-refractivity contribution is -0.0556. The van der Waals surface area contributed by atoms with Crippen molar-refractivity contribution in [1.82, 2.24) is 0 Å². The molecule has 0 bridgehead atoms. The number of methoxy groups -OCH3 is 1. The van der Waals surface area contributed by atoms with Crippen molar-refractivity contribution in [3.05, 3.63) is 0 Å². The van der Waals surface area contributed by atoms with E-state index in [2.05, 4.69) is 27.7 Å². The van der Waals surface area contributed by atoms with Gasteiger partial charge in [0.15, 0.2) is 0 Å². The van der Waals surface area contributed by atoms with Crippen molar-refractivity contribution in [2.24, 2.45) is 0 Å². The quantitative estimate of drug-likeness (QED) is 0.584. The first-order valence-electron chi connectivity index (χ1n) is 6.28. The Morgan fingerprint density at radius 3 is 2.27 bits per heavy atom. The molecule has 0 radical (unpaired) electrons. The molecule has 0 aromatic carbocycles. The third kappa shape index (κ3) is 6.16. The van der Waals surface area contributed by atoms with Crippen LogP contribution in [0.1, 0.15) is 59.8 Å². The van der Waals surface area contributed by atoms with Gasteiger partial charge in [-0.05, 0) is 32.6 Å². The fourth-order valence-electron chi connectivity index (χ4n) is 1.81. The number of ether oxygens (including phenoxy) is 2. The van der Waals surface area contributed by atoms with E-state index in [9.17, 15) is 0 Å². The van der Waals surface area contributed by atoms with Crippen molar-refractivity contribution < 1.29 is 9.47 Å². The van der Waals surface area contributed by atoms with Crippen LogP contribution in [0.5, 0.6) is 0 Å². The number of hydrogen-bond acceptors (Lipinski definition) is 2. The summed E-state index contributed by atoms with van der Waals surface area (Å²) < 4.78 is 11.3. The number of hydrogen-bond donors (Lipinski definition) is 0. The summed E-state index contributed by atoms with van der Waals surface area (Å²) in [5.41, 5.74) is 0.0702. The molecule has 0 aliphatic rings. The highest BCUT2D eigenvalue weighted by Gasteiger charge is 2.21. The van der Waals surface area contributed by atoms with Crippen molar-refractivity contribution in [2.45, 2.75) is 71.5 Å². The van der Waals surface area contributed by atoms with E-state index in [4.69, 9.17) is 9.47 Å². The van der Waals surface area contributed by atoms with Crippen LogP contribution in [0.25, 0.3) is 0 Å². The minimum atomic E-state index is 0.0702. The van der Waals surface area contributed by atoms with Crippen LogP contribution in [-0.2, 0) is 9.47 Å². The molecule has 0 aliphatic heterocycles. The van der Waals surface area contributed by atoms with E-state index in [1.165, 1.54) is 6.42 Å². The molecular formula is C13H28O2. The minimum absolute atomic E-state index is 0.0702.